The third-order valence-electron chi connectivity index (χ3n) is 4.48. The Labute approximate surface area is 158 Å². The van der Waals surface area contributed by atoms with Crippen molar-refractivity contribution in [3.63, 3.8) is 0 Å². The van der Waals surface area contributed by atoms with Gasteiger partial charge in [-0.05, 0) is 35.4 Å². The van der Waals surface area contributed by atoms with Crippen molar-refractivity contribution in [1.82, 2.24) is 9.62 Å². The maximum atomic E-state index is 13.6. The number of carbonyl (C=O) groups is 1. The second-order valence-electron chi connectivity index (χ2n) is 6.33. The summed E-state index contributed by atoms with van der Waals surface area (Å²) < 4.78 is 45.8. The number of benzene rings is 2. The highest BCUT2D eigenvalue weighted by molar-refractivity contribution is 7.88. The molecule has 1 aliphatic rings. The number of rotatable bonds is 5. The van der Waals surface area contributed by atoms with Crippen LogP contribution >= 0.6 is 0 Å². The first-order chi connectivity index (χ1) is 12.9. The number of methoxy groups -OCH3 is 1. The molecule has 1 unspecified atom stereocenters. The molecule has 0 saturated carbocycles. The fraction of sp³-hybridized carbons (Fsp3) is 0.316. The summed E-state index contributed by atoms with van der Waals surface area (Å²) in [5.41, 5.74) is 1.40. The molecule has 0 spiro atoms. The van der Waals surface area contributed by atoms with Crippen LogP contribution in [0.15, 0.2) is 48.5 Å². The van der Waals surface area contributed by atoms with E-state index in [-0.39, 0.29) is 5.75 Å². The number of hydrogen-bond acceptors (Lipinski definition) is 5. The molecule has 2 aromatic rings. The lowest BCUT2D eigenvalue weighted by Gasteiger charge is -2.35. The number of halogens is 1. The molecule has 3 rings (SSSR count). The summed E-state index contributed by atoms with van der Waals surface area (Å²) >= 11 is 0. The summed E-state index contributed by atoms with van der Waals surface area (Å²) in [6, 6.07) is 11.9. The number of esters is 1. The topological polar surface area (TPSA) is 75.7 Å². The van der Waals surface area contributed by atoms with Crippen molar-refractivity contribution in [2.24, 2.45) is 0 Å². The smallest absolute Gasteiger partial charge is 0.337 e. The molecule has 1 saturated heterocycles. The number of carbonyl (C=O) groups excluding carboxylic acids is 1. The molecule has 1 atom stereocenters. The van der Waals surface area contributed by atoms with Crippen LogP contribution in [0.4, 0.5) is 4.39 Å². The lowest BCUT2D eigenvalue weighted by molar-refractivity contribution is 0.0600. The molecule has 144 valence electrons. The van der Waals surface area contributed by atoms with Crippen molar-refractivity contribution in [1.29, 1.82) is 0 Å². The number of ether oxygens (including phenoxy) is 1. The molecule has 0 amide bonds. The lowest BCUT2D eigenvalue weighted by Crippen LogP contribution is -2.48. The van der Waals surface area contributed by atoms with Gasteiger partial charge < -0.3 is 10.1 Å². The third-order valence-corrected chi connectivity index (χ3v) is 6.33. The van der Waals surface area contributed by atoms with Gasteiger partial charge in [0.25, 0.3) is 0 Å². The molecule has 1 fully saturated rings. The summed E-state index contributed by atoms with van der Waals surface area (Å²) in [5, 5.41) is 3.16. The van der Waals surface area contributed by atoms with Crippen LogP contribution in [0.5, 0.6) is 0 Å². The van der Waals surface area contributed by atoms with E-state index in [1.165, 1.54) is 29.6 Å². The van der Waals surface area contributed by atoms with E-state index in [1.54, 1.807) is 30.3 Å². The number of piperazine rings is 1. The van der Waals surface area contributed by atoms with Gasteiger partial charge in [-0.1, -0.05) is 24.3 Å². The highest BCUT2D eigenvalue weighted by atomic mass is 32.2. The lowest BCUT2D eigenvalue weighted by atomic mass is 10.1. The number of hydrogen-bond donors (Lipinski definition) is 1. The Kier molecular flexibility index (Phi) is 5.88. The van der Waals surface area contributed by atoms with E-state index in [1.807, 2.05) is 0 Å². The Morgan fingerprint density at radius 2 is 2.04 bits per heavy atom. The Bertz CT molecular complexity index is 933. The average Bonchev–Trinajstić information content (AvgIpc) is 2.67. The van der Waals surface area contributed by atoms with Crippen LogP contribution in [0.2, 0.25) is 0 Å². The minimum Gasteiger partial charge on any atom is -0.465 e. The van der Waals surface area contributed by atoms with Crippen molar-refractivity contribution in [3.05, 3.63) is 71.0 Å². The fourth-order valence-electron chi connectivity index (χ4n) is 3.22. The third kappa shape index (κ3) is 4.52. The average molecular weight is 392 g/mol. The van der Waals surface area contributed by atoms with Crippen molar-refractivity contribution >= 4 is 16.0 Å². The molecule has 0 radical (unpaired) electrons. The zero-order valence-electron chi connectivity index (χ0n) is 14.9. The molecule has 1 heterocycles. The second kappa shape index (κ2) is 8.16. The molecular weight excluding hydrogens is 371 g/mol. The van der Waals surface area contributed by atoms with Gasteiger partial charge in [0.2, 0.25) is 10.0 Å². The first-order valence-corrected chi connectivity index (χ1v) is 10.1. The molecule has 2 aromatic carbocycles. The van der Waals surface area contributed by atoms with Gasteiger partial charge in [-0.15, -0.1) is 0 Å². The Morgan fingerprint density at radius 1 is 1.26 bits per heavy atom. The highest BCUT2D eigenvalue weighted by Gasteiger charge is 2.33. The maximum Gasteiger partial charge on any atom is 0.337 e. The standard InChI is InChI=1S/C19H21FN2O4S/c1-26-19(23)16-6-2-4-14(10-16)13-27(24,25)22-9-8-21-12-18(22)15-5-3-7-17(20)11-15/h2-7,10-11,18,21H,8-9,12-13H2,1H3. The maximum absolute atomic E-state index is 13.6. The predicted octanol–water partition coefficient (Wildman–Crippen LogP) is 2.09. The van der Waals surface area contributed by atoms with Crippen LogP contribution < -0.4 is 5.32 Å². The largest absolute Gasteiger partial charge is 0.465 e. The van der Waals surface area contributed by atoms with Gasteiger partial charge in [0, 0.05) is 19.6 Å². The van der Waals surface area contributed by atoms with Crippen molar-refractivity contribution < 1.29 is 22.3 Å². The summed E-state index contributed by atoms with van der Waals surface area (Å²) in [7, 11) is -2.40. The van der Waals surface area contributed by atoms with Crippen molar-refractivity contribution in [3.8, 4) is 0 Å². The van der Waals surface area contributed by atoms with Gasteiger partial charge in [-0.25, -0.2) is 17.6 Å². The van der Waals surface area contributed by atoms with Gasteiger partial charge in [0.15, 0.2) is 0 Å². The summed E-state index contributed by atoms with van der Waals surface area (Å²) in [5.74, 6) is -1.17. The minimum absolute atomic E-state index is 0.246. The monoisotopic (exact) mass is 392 g/mol. The normalized spacial score (nSPS) is 18.2. The van der Waals surface area contributed by atoms with Crippen LogP contribution in [0.25, 0.3) is 0 Å². The molecule has 0 bridgehead atoms. The van der Waals surface area contributed by atoms with Crippen LogP contribution in [0, 0.1) is 5.82 Å². The number of sulfonamides is 1. The van der Waals surface area contributed by atoms with Crippen molar-refractivity contribution in [2.75, 3.05) is 26.7 Å². The molecule has 0 aromatic heterocycles. The molecule has 27 heavy (non-hydrogen) atoms. The van der Waals surface area contributed by atoms with Crippen LogP contribution in [0.3, 0.4) is 0 Å². The zero-order valence-corrected chi connectivity index (χ0v) is 15.7. The molecule has 6 nitrogen and oxygen atoms in total. The predicted molar refractivity (Wildman–Crippen MR) is 99.1 cm³/mol. The first-order valence-electron chi connectivity index (χ1n) is 8.53. The van der Waals surface area contributed by atoms with E-state index in [4.69, 9.17) is 0 Å². The van der Waals surface area contributed by atoms with E-state index in [9.17, 15) is 17.6 Å². The van der Waals surface area contributed by atoms with Crippen molar-refractivity contribution in [2.45, 2.75) is 11.8 Å². The molecule has 8 heteroatoms. The van der Waals surface area contributed by atoms with Gasteiger partial charge in [0.05, 0.1) is 24.5 Å². The number of nitrogens with zero attached hydrogens (tertiary/aromatic N) is 1. The van der Waals surface area contributed by atoms with E-state index in [0.29, 0.717) is 36.3 Å². The van der Waals surface area contributed by atoms with E-state index < -0.39 is 27.9 Å². The quantitative estimate of drug-likeness (QED) is 0.789. The summed E-state index contributed by atoms with van der Waals surface area (Å²) in [6.07, 6.45) is 0. The summed E-state index contributed by atoms with van der Waals surface area (Å²) in [4.78, 5) is 11.7. The Morgan fingerprint density at radius 3 is 2.78 bits per heavy atom. The Hall–Kier alpha value is -2.29. The van der Waals surface area contributed by atoms with E-state index in [2.05, 4.69) is 10.1 Å². The first kappa shape index (κ1) is 19.5. The molecular formula is C19H21FN2O4S. The van der Waals surface area contributed by atoms with Crippen LogP contribution in [0.1, 0.15) is 27.5 Å². The van der Waals surface area contributed by atoms with Gasteiger partial charge in [-0.3, -0.25) is 0 Å². The van der Waals surface area contributed by atoms with E-state index >= 15 is 0 Å². The van der Waals surface area contributed by atoms with Crippen LogP contribution in [-0.4, -0.2) is 45.4 Å². The molecule has 1 N–H and O–H groups in total. The van der Waals surface area contributed by atoms with E-state index in [0.717, 1.165) is 0 Å². The fourth-order valence-corrected chi connectivity index (χ4v) is 4.94. The zero-order chi connectivity index (χ0) is 19.4. The van der Waals surface area contributed by atoms with Gasteiger partial charge in [0.1, 0.15) is 5.82 Å². The van der Waals surface area contributed by atoms with Gasteiger partial charge >= 0.3 is 5.97 Å². The molecule has 1 aliphatic heterocycles. The van der Waals surface area contributed by atoms with Crippen LogP contribution in [-0.2, 0) is 20.5 Å². The number of nitrogens with one attached hydrogen (secondary N) is 1. The highest BCUT2D eigenvalue weighted by Crippen LogP contribution is 2.27. The minimum atomic E-state index is -3.68. The second-order valence-corrected chi connectivity index (χ2v) is 8.26. The SMILES string of the molecule is COC(=O)c1cccc(CS(=O)(=O)N2CCNCC2c2cccc(F)c2)c1. The summed E-state index contributed by atoms with van der Waals surface area (Å²) in [6.45, 7) is 1.22. The molecule has 0 aliphatic carbocycles. The Balaban J connectivity index is 1.87. The van der Waals surface area contributed by atoms with Gasteiger partial charge in [-0.2, -0.15) is 4.31 Å².